The summed E-state index contributed by atoms with van der Waals surface area (Å²) in [5, 5.41) is 17.9. The van der Waals surface area contributed by atoms with E-state index >= 15 is 0 Å². The highest BCUT2D eigenvalue weighted by atomic mass is 16.5. The lowest BCUT2D eigenvalue weighted by molar-refractivity contribution is 0.0433. The quantitative estimate of drug-likeness (QED) is 0.797. The first-order valence-electron chi connectivity index (χ1n) is 5.86. The number of furan rings is 1. The predicted octanol–water partition coefficient (Wildman–Crippen LogP) is 2.32. The first kappa shape index (κ1) is 13.4. The molecule has 0 aromatic carbocycles. The summed E-state index contributed by atoms with van der Waals surface area (Å²) in [6, 6.07) is 7.29. The first-order chi connectivity index (χ1) is 9.58. The minimum atomic E-state index is -0.890. The molecular formula is C14H11N3O3. The van der Waals surface area contributed by atoms with Crippen LogP contribution in [-0.2, 0) is 4.74 Å². The Morgan fingerprint density at radius 2 is 2.05 bits per heavy atom. The summed E-state index contributed by atoms with van der Waals surface area (Å²) < 4.78 is 12.0. The summed E-state index contributed by atoms with van der Waals surface area (Å²) in [6.45, 7) is 3.02. The fraction of sp³-hybridized carbons (Fsp3) is 0.214. The van der Waals surface area contributed by atoms with Crippen LogP contribution in [0.15, 0.2) is 28.9 Å². The van der Waals surface area contributed by atoms with Crippen LogP contribution in [0.25, 0.3) is 5.88 Å². The van der Waals surface area contributed by atoms with Crippen LogP contribution in [0.5, 0.6) is 0 Å². The van der Waals surface area contributed by atoms with E-state index in [2.05, 4.69) is 0 Å². The van der Waals surface area contributed by atoms with Crippen molar-refractivity contribution in [3.8, 4) is 18.0 Å². The molecule has 20 heavy (non-hydrogen) atoms. The van der Waals surface area contributed by atoms with Gasteiger partial charge in [0, 0.05) is 12.4 Å². The van der Waals surface area contributed by atoms with E-state index in [1.165, 1.54) is 6.92 Å². The van der Waals surface area contributed by atoms with Crippen LogP contribution in [0.3, 0.4) is 0 Å². The second-order valence-electron chi connectivity index (χ2n) is 4.09. The lowest BCUT2D eigenvalue weighted by Gasteiger charge is -2.04. The highest BCUT2D eigenvalue weighted by Crippen LogP contribution is 2.26. The summed E-state index contributed by atoms with van der Waals surface area (Å²) in [5.41, 5.74) is 0.145. The number of esters is 1. The average molecular weight is 269 g/mol. The zero-order valence-electron chi connectivity index (χ0n) is 11.0. The molecule has 0 saturated carbocycles. The molecule has 0 aliphatic rings. The molecule has 0 N–H and O–H groups in total. The van der Waals surface area contributed by atoms with Gasteiger partial charge < -0.3 is 9.15 Å². The number of aromatic nitrogens is 1. The molecule has 0 aliphatic carbocycles. The number of carbonyl (C=O) groups excluding carboxylic acids is 1. The van der Waals surface area contributed by atoms with Gasteiger partial charge in [-0.15, -0.1) is 0 Å². The third-order valence-corrected chi connectivity index (χ3v) is 2.69. The lowest BCUT2D eigenvalue weighted by Crippen LogP contribution is -2.14. The van der Waals surface area contributed by atoms with Crippen molar-refractivity contribution >= 4 is 5.97 Å². The molecule has 1 unspecified atom stereocenters. The topological polar surface area (TPSA) is 91.9 Å². The number of hydrogen-bond donors (Lipinski definition) is 0. The molecule has 0 saturated heterocycles. The van der Waals surface area contributed by atoms with E-state index < -0.39 is 12.1 Å². The van der Waals surface area contributed by atoms with Crippen LogP contribution in [-0.4, -0.2) is 16.6 Å². The van der Waals surface area contributed by atoms with Gasteiger partial charge in [-0.3, -0.25) is 4.57 Å². The molecule has 0 radical (unpaired) electrons. The maximum absolute atomic E-state index is 12.0. The van der Waals surface area contributed by atoms with Crippen molar-refractivity contribution in [2.24, 2.45) is 0 Å². The molecule has 0 amide bonds. The number of aryl methyl sites for hydroxylation is 1. The molecule has 1 atom stereocenters. The fourth-order valence-electron chi connectivity index (χ4n) is 1.78. The van der Waals surface area contributed by atoms with E-state index in [1.807, 2.05) is 6.07 Å². The zero-order valence-corrected chi connectivity index (χ0v) is 11.0. The van der Waals surface area contributed by atoms with Crippen LogP contribution in [0.1, 0.15) is 28.6 Å². The highest BCUT2D eigenvalue weighted by Gasteiger charge is 2.26. The number of hydrogen-bond acceptors (Lipinski definition) is 5. The Kier molecular flexibility index (Phi) is 3.58. The molecule has 6 heteroatoms. The second kappa shape index (κ2) is 5.33. The number of rotatable bonds is 3. The average Bonchev–Trinajstić information content (AvgIpc) is 3.04. The Morgan fingerprint density at radius 3 is 2.60 bits per heavy atom. The Hall–Kier alpha value is -2.99. The van der Waals surface area contributed by atoms with Crippen molar-refractivity contribution < 1.29 is 13.9 Å². The molecule has 2 aromatic heterocycles. The monoisotopic (exact) mass is 269 g/mol. The number of nitriles is 2. The minimum absolute atomic E-state index is 0.0540. The molecule has 2 heterocycles. The summed E-state index contributed by atoms with van der Waals surface area (Å²) in [4.78, 5) is 12.0. The molecular weight excluding hydrogens is 258 g/mol. The third-order valence-electron chi connectivity index (χ3n) is 2.69. The van der Waals surface area contributed by atoms with Crippen molar-refractivity contribution in [2.45, 2.75) is 20.0 Å². The second-order valence-corrected chi connectivity index (χ2v) is 4.09. The Labute approximate surface area is 115 Å². The van der Waals surface area contributed by atoms with Crippen LogP contribution >= 0.6 is 0 Å². The maximum Gasteiger partial charge on any atom is 0.344 e. The van der Waals surface area contributed by atoms with Crippen LogP contribution in [0.4, 0.5) is 0 Å². The van der Waals surface area contributed by atoms with Gasteiger partial charge in [0.05, 0.1) is 0 Å². The van der Waals surface area contributed by atoms with E-state index in [4.69, 9.17) is 14.4 Å². The molecule has 0 fully saturated rings. The first-order valence-corrected chi connectivity index (χ1v) is 5.86. The van der Waals surface area contributed by atoms with E-state index in [1.54, 1.807) is 42.1 Å². The molecule has 0 bridgehead atoms. The van der Waals surface area contributed by atoms with Crippen LogP contribution in [0, 0.1) is 29.6 Å². The number of ether oxygens (including phenoxy) is 1. The molecule has 100 valence electrons. The minimum Gasteiger partial charge on any atom is -0.444 e. The standard InChI is InChI=1S/C14H11N3O3/c1-9(7-15)19-14(18)12-10(2)20-13(11(12)8-16)17-5-3-4-6-17/h3-6,9H,1-2H3. The molecule has 0 spiro atoms. The SMILES string of the molecule is Cc1oc(-n2cccc2)c(C#N)c1C(=O)OC(C)C#N. The van der Waals surface area contributed by atoms with Crippen molar-refractivity contribution in [2.75, 3.05) is 0 Å². The number of nitrogens with zero attached hydrogens (tertiary/aromatic N) is 3. The van der Waals surface area contributed by atoms with Crippen molar-refractivity contribution in [1.82, 2.24) is 4.57 Å². The van der Waals surface area contributed by atoms with E-state index in [0.29, 0.717) is 0 Å². The van der Waals surface area contributed by atoms with Gasteiger partial charge in [0.2, 0.25) is 5.88 Å². The summed E-state index contributed by atoms with van der Waals surface area (Å²) >= 11 is 0. The van der Waals surface area contributed by atoms with Crippen LogP contribution in [0.2, 0.25) is 0 Å². The van der Waals surface area contributed by atoms with E-state index in [0.717, 1.165) is 0 Å². The van der Waals surface area contributed by atoms with Gasteiger partial charge in [-0.1, -0.05) is 0 Å². The molecule has 2 aromatic rings. The fourth-order valence-corrected chi connectivity index (χ4v) is 1.78. The molecule has 0 aliphatic heterocycles. The Balaban J connectivity index is 2.48. The smallest absolute Gasteiger partial charge is 0.344 e. The largest absolute Gasteiger partial charge is 0.444 e. The van der Waals surface area contributed by atoms with Gasteiger partial charge >= 0.3 is 5.97 Å². The van der Waals surface area contributed by atoms with Gasteiger partial charge in [0.1, 0.15) is 29.0 Å². The number of carbonyl (C=O) groups is 1. The van der Waals surface area contributed by atoms with Gasteiger partial charge in [0.25, 0.3) is 0 Å². The predicted molar refractivity (Wildman–Crippen MR) is 68.0 cm³/mol. The Morgan fingerprint density at radius 1 is 1.40 bits per heavy atom. The lowest BCUT2D eigenvalue weighted by atomic mass is 10.1. The summed E-state index contributed by atoms with van der Waals surface area (Å²) in [5.74, 6) is -0.206. The van der Waals surface area contributed by atoms with Crippen molar-refractivity contribution in [1.29, 1.82) is 10.5 Å². The highest BCUT2D eigenvalue weighted by molar-refractivity contribution is 5.94. The third kappa shape index (κ3) is 2.27. The van der Waals surface area contributed by atoms with Gasteiger partial charge in [0.15, 0.2) is 6.10 Å². The van der Waals surface area contributed by atoms with E-state index in [-0.39, 0.29) is 22.8 Å². The van der Waals surface area contributed by atoms with Crippen LogP contribution < -0.4 is 0 Å². The zero-order chi connectivity index (χ0) is 14.7. The summed E-state index contributed by atoms with van der Waals surface area (Å²) in [6.07, 6.45) is 2.51. The van der Waals surface area contributed by atoms with E-state index in [9.17, 15) is 10.1 Å². The maximum atomic E-state index is 12.0. The molecule has 6 nitrogen and oxygen atoms in total. The summed E-state index contributed by atoms with van der Waals surface area (Å²) in [7, 11) is 0. The van der Waals surface area contributed by atoms with Gasteiger partial charge in [-0.2, -0.15) is 10.5 Å². The van der Waals surface area contributed by atoms with Crippen molar-refractivity contribution in [3.05, 3.63) is 41.4 Å². The Bertz CT molecular complexity index is 714. The normalized spacial score (nSPS) is 11.4. The van der Waals surface area contributed by atoms with Gasteiger partial charge in [-0.05, 0) is 26.0 Å². The van der Waals surface area contributed by atoms with Gasteiger partial charge in [-0.25, -0.2) is 4.79 Å². The van der Waals surface area contributed by atoms with Crippen molar-refractivity contribution in [3.63, 3.8) is 0 Å². The molecule has 2 rings (SSSR count).